The maximum atomic E-state index is 12.5. The van der Waals surface area contributed by atoms with Crippen molar-refractivity contribution in [2.45, 2.75) is 24.5 Å². The molecule has 0 aliphatic heterocycles. The Morgan fingerprint density at radius 3 is 2.47 bits per heavy atom. The van der Waals surface area contributed by atoms with Crippen LogP contribution in [0.3, 0.4) is 0 Å². The maximum Gasteiger partial charge on any atom is 0.242 e. The molecule has 1 unspecified atom stereocenters. The zero-order chi connectivity index (χ0) is 22.1. The van der Waals surface area contributed by atoms with Gasteiger partial charge in [-0.2, -0.15) is 0 Å². The summed E-state index contributed by atoms with van der Waals surface area (Å²) in [6.45, 7) is 2.77. The molecule has 9 heteroatoms. The lowest BCUT2D eigenvalue weighted by Gasteiger charge is -2.19. The first kappa shape index (κ1) is 23.5. The Morgan fingerprint density at radius 2 is 1.80 bits per heavy atom. The number of hydrogen-bond donors (Lipinski definition) is 2. The van der Waals surface area contributed by atoms with Crippen LogP contribution in [0.25, 0.3) is 0 Å². The molecular formula is C21H30N4O4S. The zero-order valence-electron chi connectivity index (χ0n) is 18.0. The minimum atomic E-state index is -3.53. The molecule has 0 spiro atoms. The summed E-state index contributed by atoms with van der Waals surface area (Å²) < 4.78 is 37.4. The second-order valence-electron chi connectivity index (χ2n) is 6.81. The normalized spacial score (nSPS) is 13.1. The number of rotatable bonds is 9. The SMILES string of the molecule is CN=C(NCc1ccccc1S(=O)(=O)N(C)C)NCC(C)Oc1cccc(OC)c1. The number of aliphatic imine (C=N–C) groups is 1. The second kappa shape index (κ2) is 10.8. The number of benzene rings is 2. The van der Waals surface area contributed by atoms with Gasteiger partial charge in [0.05, 0.1) is 18.6 Å². The van der Waals surface area contributed by atoms with E-state index in [9.17, 15) is 8.42 Å². The van der Waals surface area contributed by atoms with Crippen LogP contribution in [-0.2, 0) is 16.6 Å². The summed E-state index contributed by atoms with van der Waals surface area (Å²) in [5.41, 5.74) is 0.662. The molecule has 2 rings (SSSR count). The van der Waals surface area contributed by atoms with Crippen molar-refractivity contribution in [1.82, 2.24) is 14.9 Å². The van der Waals surface area contributed by atoms with Gasteiger partial charge in [-0.1, -0.05) is 24.3 Å². The number of nitrogens with zero attached hydrogens (tertiary/aromatic N) is 2. The molecule has 2 aromatic rings. The van der Waals surface area contributed by atoms with Crippen LogP contribution in [0.4, 0.5) is 0 Å². The predicted octanol–water partition coefficient (Wildman–Crippen LogP) is 2.08. The molecular weight excluding hydrogens is 404 g/mol. The summed E-state index contributed by atoms with van der Waals surface area (Å²) in [4.78, 5) is 4.47. The molecule has 2 aromatic carbocycles. The van der Waals surface area contributed by atoms with E-state index >= 15 is 0 Å². The van der Waals surface area contributed by atoms with Gasteiger partial charge in [-0.25, -0.2) is 12.7 Å². The number of hydrogen-bond acceptors (Lipinski definition) is 5. The summed E-state index contributed by atoms with van der Waals surface area (Å²) in [6, 6.07) is 14.3. The molecule has 2 N–H and O–H groups in total. The van der Waals surface area contributed by atoms with E-state index in [2.05, 4.69) is 15.6 Å². The van der Waals surface area contributed by atoms with Crippen molar-refractivity contribution in [3.05, 3.63) is 54.1 Å². The standard InChI is InChI=1S/C21H30N4O4S/c1-16(29-19-11-8-10-18(13-19)28-5)14-23-21(22-2)24-15-17-9-6-7-12-20(17)30(26,27)25(3)4/h6-13,16H,14-15H2,1-5H3,(H2,22,23,24). The van der Waals surface area contributed by atoms with Crippen LogP contribution in [0.5, 0.6) is 11.5 Å². The number of guanidine groups is 1. The summed E-state index contributed by atoms with van der Waals surface area (Å²) in [7, 11) is 2.78. The van der Waals surface area contributed by atoms with Gasteiger partial charge in [-0.05, 0) is 30.7 Å². The first-order valence-corrected chi connectivity index (χ1v) is 11.0. The summed E-state index contributed by atoms with van der Waals surface area (Å²) >= 11 is 0. The summed E-state index contributed by atoms with van der Waals surface area (Å²) in [5.74, 6) is 2.00. The average molecular weight is 435 g/mol. The van der Waals surface area contributed by atoms with Crippen LogP contribution in [0, 0.1) is 0 Å². The highest BCUT2D eigenvalue weighted by Crippen LogP contribution is 2.20. The Balaban J connectivity index is 1.94. The van der Waals surface area contributed by atoms with Crippen molar-refractivity contribution >= 4 is 16.0 Å². The monoisotopic (exact) mass is 434 g/mol. The van der Waals surface area contributed by atoms with Crippen molar-refractivity contribution in [2.24, 2.45) is 4.99 Å². The zero-order valence-corrected chi connectivity index (χ0v) is 18.9. The number of nitrogens with one attached hydrogen (secondary N) is 2. The predicted molar refractivity (Wildman–Crippen MR) is 119 cm³/mol. The lowest BCUT2D eigenvalue weighted by Crippen LogP contribution is -2.41. The average Bonchev–Trinajstić information content (AvgIpc) is 2.74. The van der Waals surface area contributed by atoms with E-state index in [1.165, 1.54) is 18.4 Å². The fraction of sp³-hybridized carbons (Fsp3) is 0.381. The van der Waals surface area contributed by atoms with E-state index in [-0.39, 0.29) is 11.0 Å². The molecule has 1 atom stereocenters. The van der Waals surface area contributed by atoms with Crippen LogP contribution < -0.4 is 20.1 Å². The topological polar surface area (TPSA) is 92.3 Å². The van der Waals surface area contributed by atoms with Gasteiger partial charge in [-0.15, -0.1) is 0 Å². The smallest absolute Gasteiger partial charge is 0.242 e. The quantitative estimate of drug-likeness (QED) is 0.464. The summed E-state index contributed by atoms with van der Waals surface area (Å²) in [5, 5.41) is 6.35. The number of ether oxygens (including phenoxy) is 2. The van der Waals surface area contributed by atoms with Gasteiger partial charge >= 0.3 is 0 Å². The lowest BCUT2D eigenvalue weighted by molar-refractivity contribution is 0.223. The molecule has 0 saturated heterocycles. The first-order chi connectivity index (χ1) is 14.3. The van der Waals surface area contributed by atoms with E-state index in [0.29, 0.717) is 24.6 Å². The van der Waals surface area contributed by atoms with Crippen LogP contribution >= 0.6 is 0 Å². The first-order valence-electron chi connectivity index (χ1n) is 9.53. The molecule has 0 aliphatic carbocycles. The molecule has 0 saturated carbocycles. The molecule has 0 bridgehead atoms. The van der Waals surface area contributed by atoms with Crippen molar-refractivity contribution in [1.29, 1.82) is 0 Å². The molecule has 0 aromatic heterocycles. The Kier molecular flexibility index (Phi) is 8.49. The lowest BCUT2D eigenvalue weighted by atomic mass is 10.2. The third kappa shape index (κ3) is 6.36. The van der Waals surface area contributed by atoms with Gasteiger partial charge in [0.15, 0.2) is 5.96 Å². The molecule has 0 aliphatic rings. The van der Waals surface area contributed by atoms with Crippen LogP contribution in [-0.4, -0.2) is 59.6 Å². The third-order valence-corrected chi connectivity index (χ3v) is 6.25. The van der Waals surface area contributed by atoms with Gasteiger partial charge in [0, 0.05) is 33.8 Å². The van der Waals surface area contributed by atoms with Gasteiger partial charge < -0.3 is 20.1 Å². The number of methoxy groups -OCH3 is 1. The van der Waals surface area contributed by atoms with Gasteiger partial charge in [0.2, 0.25) is 10.0 Å². The minimum absolute atomic E-state index is 0.128. The summed E-state index contributed by atoms with van der Waals surface area (Å²) in [6.07, 6.45) is -0.128. The van der Waals surface area contributed by atoms with Crippen LogP contribution in [0.15, 0.2) is 58.4 Å². The van der Waals surface area contributed by atoms with Crippen molar-refractivity contribution in [3.8, 4) is 11.5 Å². The minimum Gasteiger partial charge on any atom is -0.497 e. The highest BCUT2D eigenvalue weighted by molar-refractivity contribution is 7.89. The molecule has 0 amide bonds. The molecule has 0 heterocycles. The Morgan fingerprint density at radius 1 is 1.10 bits per heavy atom. The third-order valence-electron chi connectivity index (χ3n) is 4.34. The van der Waals surface area contributed by atoms with E-state index in [1.807, 2.05) is 37.3 Å². The maximum absolute atomic E-state index is 12.5. The van der Waals surface area contributed by atoms with E-state index in [1.54, 1.807) is 32.4 Å². The van der Waals surface area contributed by atoms with Crippen molar-refractivity contribution in [3.63, 3.8) is 0 Å². The second-order valence-corrected chi connectivity index (χ2v) is 8.93. The molecule has 0 fully saturated rings. The largest absolute Gasteiger partial charge is 0.497 e. The van der Waals surface area contributed by atoms with E-state index < -0.39 is 10.0 Å². The molecule has 30 heavy (non-hydrogen) atoms. The van der Waals surface area contributed by atoms with Crippen LogP contribution in [0.1, 0.15) is 12.5 Å². The molecule has 0 radical (unpaired) electrons. The Bertz CT molecular complexity index is 961. The van der Waals surface area contributed by atoms with Crippen molar-refractivity contribution < 1.29 is 17.9 Å². The number of sulfonamides is 1. The Hall–Kier alpha value is -2.78. The van der Waals surface area contributed by atoms with Gasteiger partial charge in [0.1, 0.15) is 17.6 Å². The van der Waals surface area contributed by atoms with Crippen LogP contribution in [0.2, 0.25) is 0 Å². The van der Waals surface area contributed by atoms with Gasteiger partial charge in [-0.3, -0.25) is 4.99 Å². The van der Waals surface area contributed by atoms with E-state index in [0.717, 1.165) is 11.5 Å². The fourth-order valence-corrected chi connectivity index (χ4v) is 3.80. The van der Waals surface area contributed by atoms with E-state index in [4.69, 9.17) is 9.47 Å². The molecule has 8 nitrogen and oxygen atoms in total. The van der Waals surface area contributed by atoms with Crippen molar-refractivity contribution in [2.75, 3.05) is 34.8 Å². The van der Waals surface area contributed by atoms with Gasteiger partial charge in [0.25, 0.3) is 0 Å². The fourth-order valence-electron chi connectivity index (χ4n) is 2.69. The Labute approximate surface area is 179 Å². The molecule has 164 valence electrons. The highest BCUT2D eigenvalue weighted by atomic mass is 32.2. The highest BCUT2D eigenvalue weighted by Gasteiger charge is 2.20.